The van der Waals surface area contributed by atoms with Crippen LogP contribution >= 0.6 is 11.8 Å². The summed E-state index contributed by atoms with van der Waals surface area (Å²) >= 11 is 1.48. The Kier molecular flexibility index (Phi) is 4.41. The third-order valence-electron chi connectivity index (χ3n) is 3.69. The number of fused-ring (bicyclic) bond motifs is 1. The number of hydrogen-bond acceptors (Lipinski definition) is 7. The van der Waals surface area contributed by atoms with Crippen molar-refractivity contribution < 1.29 is 9.53 Å². The number of ether oxygens (including phenoxy) is 1. The summed E-state index contributed by atoms with van der Waals surface area (Å²) in [5.41, 5.74) is 2.36. The maximum absolute atomic E-state index is 12.1. The van der Waals surface area contributed by atoms with Crippen LogP contribution in [0, 0.1) is 0 Å². The number of thioether (sulfide) groups is 1. The van der Waals surface area contributed by atoms with Crippen LogP contribution in [-0.4, -0.2) is 43.1 Å². The van der Waals surface area contributed by atoms with Gasteiger partial charge in [-0.25, -0.2) is 9.48 Å². The number of aryl methyl sites for hydroxylation is 2. The molecular weight excluding hydrogens is 304 g/mol. The van der Waals surface area contributed by atoms with Gasteiger partial charge in [0.1, 0.15) is 5.56 Å². The van der Waals surface area contributed by atoms with E-state index < -0.39 is 0 Å². The van der Waals surface area contributed by atoms with Gasteiger partial charge in [0.05, 0.1) is 18.5 Å². The molecule has 0 atom stereocenters. The Morgan fingerprint density at radius 2 is 2.27 bits per heavy atom. The van der Waals surface area contributed by atoms with E-state index in [-0.39, 0.29) is 5.97 Å². The lowest BCUT2D eigenvalue weighted by atomic mass is 10.1. The van der Waals surface area contributed by atoms with E-state index in [1.807, 2.05) is 11.6 Å². The van der Waals surface area contributed by atoms with E-state index in [9.17, 15) is 4.79 Å². The van der Waals surface area contributed by atoms with E-state index >= 15 is 0 Å². The number of carbonyl (C=O) groups is 1. The number of nitrogens with zero attached hydrogens (tertiary/aromatic N) is 6. The van der Waals surface area contributed by atoms with Crippen LogP contribution in [0.3, 0.4) is 0 Å². The summed E-state index contributed by atoms with van der Waals surface area (Å²) in [4.78, 5) is 12.1. The average Bonchev–Trinajstić information content (AvgIpc) is 3.15. The summed E-state index contributed by atoms with van der Waals surface area (Å²) in [7, 11) is 1.41. The topological polar surface area (TPSA) is 87.7 Å². The first-order valence-electron chi connectivity index (χ1n) is 7.30. The van der Waals surface area contributed by atoms with Crippen molar-refractivity contribution in [2.75, 3.05) is 7.11 Å². The van der Waals surface area contributed by atoms with Gasteiger partial charge in [0.25, 0.3) is 0 Å². The molecular formula is C13H18N6O2S. The quantitative estimate of drug-likeness (QED) is 0.605. The Labute approximate surface area is 132 Å². The third-order valence-corrected chi connectivity index (χ3v) is 4.66. The molecule has 118 valence electrons. The highest BCUT2D eigenvalue weighted by atomic mass is 32.2. The highest BCUT2D eigenvalue weighted by Gasteiger charge is 2.26. The zero-order valence-corrected chi connectivity index (χ0v) is 13.5. The molecule has 0 N–H and O–H groups in total. The minimum Gasteiger partial charge on any atom is -0.465 e. The molecule has 1 aliphatic rings. The minimum atomic E-state index is -0.311. The largest absolute Gasteiger partial charge is 0.465 e. The van der Waals surface area contributed by atoms with E-state index in [1.165, 1.54) is 18.9 Å². The molecule has 2 aromatic rings. The molecule has 0 saturated carbocycles. The van der Waals surface area contributed by atoms with Crippen molar-refractivity contribution in [1.82, 2.24) is 30.0 Å². The van der Waals surface area contributed by atoms with Crippen molar-refractivity contribution >= 4 is 17.7 Å². The molecule has 9 heteroatoms. The van der Waals surface area contributed by atoms with Gasteiger partial charge < -0.3 is 4.74 Å². The molecule has 1 aliphatic heterocycles. The highest BCUT2D eigenvalue weighted by Crippen LogP contribution is 2.27. The number of aromatic nitrogens is 6. The van der Waals surface area contributed by atoms with E-state index in [4.69, 9.17) is 4.74 Å². The van der Waals surface area contributed by atoms with Crippen molar-refractivity contribution in [1.29, 1.82) is 0 Å². The Bertz CT molecular complexity index is 680. The van der Waals surface area contributed by atoms with Gasteiger partial charge in [-0.05, 0) is 36.6 Å². The van der Waals surface area contributed by atoms with Crippen LogP contribution in [0.5, 0.6) is 0 Å². The molecule has 22 heavy (non-hydrogen) atoms. The van der Waals surface area contributed by atoms with Crippen LogP contribution in [0.4, 0.5) is 0 Å². The van der Waals surface area contributed by atoms with E-state index in [1.54, 1.807) is 4.68 Å². The number of carbonyl (C=O) groups excluding carboxylic acids is 1. The lowest BCUT2D eigenvalue weighted by molar-refractivity contribution is 0.0598. The van der Waals surface area contributed by atoms with Crippen molar-refractivity contribution in [3.05, 3.63) is 17.0 Å². The predicted molar refractivity (Wildman–Crippen MR) is 79.6 cm³/mol. The zero-order chi connectivity index (χ0) is 15.5. The summed E-state index contributed by atoms with van der Waals surface area (Å²) in [6.07, 6.45) is 3.04. The van der Waals surface area contributed by atoms with Crippen LogP contribution in [0.2, 0.25) is 0 Å². The van der Waals surface area contributed by atoms with E-state index in [0.717, 1.165) is 42.4 Å². The number of tetrazole rings is 1. The Balaban J connectivity index is 1.86. The molecule has 0 saturated heterocycles. The maximum Gasteiger partial charge on any atom is 0.341 e. The molecule has 2 aromatic heterocycles. The lowest BCUT2D eigenvalue weighted by Gasteiger charge is -2.13. The van der Waals surface area contributed by atoms with Crippen LogP contribution in [-0.2, 0) is 30.0 Å². The van der Waals surface area contributed by atoms with Gasteiger partial charge in [0.2, 0.25) is 5.16 Å². The Morgan fingerprint density at radius 3 is 3.05 bits per heavy atom. The molecule has 0 fully saturated rings. The molecule has 8 nitrogen and oxygen atoms in total. The number of hydrogen-bond donors (Lipinski definition) is 0. The lowest BCUT2D eigenvalue weighted by Crippen LogP contribution is -2.14. The molecule has 0 amide bonds. The molecule has 0 aliphatic carbocycles. The number of methoxy groups -OCH3 is 1. The molecule has 3 heterocycles. The second-order valence-corrected chi connectivity index (χ2v) is 5.95. The van der Waals surface area contributed by atoms with Gasteiger partial charge in [-0.1, -0.05) is 11.8 Å². The first-order valence-corrected chi connectivity index (χ1v) is 8.29. The standard InChI is InChI=1S/C13H18N6O2S/c1-3-18-13(14-16-17-18)22-8-9-11(12(20)21-2)10-6-4-5-7-19(10)15-9/h3-8H2,1-2H3. The third kappa shape index (κ3) is 2.72. The SMILES string of the molecule is CCn1nnnc1SCc1nn2c(c1C(=O)OC)CCCC2. The maximum atomic E-state index is 12.1. The molecule has 0 radical (unpaired) electrons. The smallest absolute Gasteiger partial charge is 0.341 e. The van der Waals surface area contributed by atoms with Crippen molar-refractivity contribution in [2.24, 2.45) is 0 Å². The van der Waals surface area contributed by atoms with Crippen molar-refractivity contribution in [3.8, 4) is 0 Å². The van der Waals surface area contributed by atoms with Gasteiger partial charge in [0, 0.05) is 18.8 Å². The van der Waals surface area contributed by atoms with Gasteiger partial charge in [-0.15, -0.1) is 5.10 Å². The van der Waals surface area contributed by atoms with E-state index in [0.29, 0.717) is 17.9 Å². The van der Waals surface area contributed by atoms with Gasteiger partial charge >= 0.3 is 5.97 Å². The molecule has 3 rings (SSSR count). The second kappa shape index (κ2) is 6.47. The Hall–Kier alpha value is -1.90. The summed E-state index contributed by atoms with van der Waals surface area (Å²) in [6.45, 7) is 3.55. The predicted octanol–water partition coefficient (Wildman–Crippen LogP) is 1.30. The van der Waals surface area contributed by atoms with Crippen molar-refractivity contribution in [3.63, 3.8) is 0 Å². The molecule has 0 bridgehead atoms. The summed E-state index contributed by atoms with van der Waals surface area (Å²) in [6, 6.07) is 0. The van der Waals surface area contributed by atoms with Crippen LogP contribution in [0.15, 0.2) is 5.16 Å². The number of esters is 1. The summed E-state index contributed by atoms with van der Waals surface area (Å²) in [5.74, 6) is 0.235. The van der Waals surface area contributed by atoms with Crippen LogP contribution < -0.4 is 0 Å². The number of rotatable bonds is 5. The fraction of sp³-hybridized carbons (Fsp3) is 0.615. The zero-order valence-electron chi connectivity index (χ0n) is 12.7. The fourth-order valence-electron chi connectivity index (χ4n) is 2.61. The summed E-state index contributed by atoms with van der Waals surface area (Å²) < 4.78 is 8.60. The second-order valence-electron chi connectivity index (χ2n) is 5.01. The molecule has 0 unspecified atom stereocenters. The molecule has 0 spiro atoms. The van der Waals surface area contributed by atoms with E-state index in [2.05, 4.69) is 20.6 Å². The van der Waals surface area contributed by atoms with Gasteiger partial charge in [0.15, 0.2) is 0 Å². The fourth-order valence-corrected chi connectivity index (χ4v) is 3.49. The van der Waals surface area contributed by atoms with Crippen molar-refractivity contribution in [2.45, 2.75) is 50.2 Å². The first kappa shape index (κ1) is 15.0. The van der Waals surface area contributed by atoms with Crippen LogP contribution in [0.1, 0.15) is 41.5 Å². The normalized spacial score (nSPS) is 13.9. The van der Waals surface area contributed by atoms with Crippen LogP contribution in [0.25, 0.3) is 0 Å². The Morgan fingerprint density at radius 1 is 1.41 bits per heavy atom. The minimum absolute atomic E-state index is 0.311. The average molecular weight is 322 g/mol. The summed E-state index contributed by atoms with van der Waals surface area (Å²) in [5, 5.41) is 16.9. The van der Waals surface area contributed by atoms with Gasteiger partial charge in [-0.3, -0.25) is 4.68 Å². The first-order chi connectivity index (χ1) is 10.7. The van der Waals surface area contributed by atoms with Gasteiger partial charge in [-0.2, -0.15) is 5.10 Å². The molecule has 0 aromatic carbocycles. The monoisotopic (exact) mass is 322 g/mol. The highest BCUT2D eigenvalue weighted by molar-refractivity contribution is 7.98.